The van der Waals surface area contributed by atoms with E-state index in [4.69, 9.17) is 21.1 Å². The van der Waals surface area contributed by atoms with Crippen molar-refractivity contribution >= 4 is 35.0 Å². The molecule has 0 aliphatic rings. The van der Waals surface area contributed by atoms with Gasteiger partial charge in [-0.1, -0.05) is 41.6 Å². The smallest absolute Gasteiger partial charge is 0.228 e. The summed E-state index contributed by atoms with van der Waals surface area (Å²) in [6, 6.07) is 20.8. The van der Waals surface area contributed by atoms with Crippen LogP contribution < -0.4 is 14.8 Å². The van der Waals surface area contributed by atoms with Gasteiger partial charge in [-0.2, -0.15) is 0 Å². The Morgan fingerprint density at radius 1 is 0.964 bits per heavy atom. The predicted octanol–water partition coefficient (Wildman–Crippen LogP) is 5.69. The molecule has 0 saturated carbocycles. The number of carbonyl (C=O) groups excluding carboxylic acids is 1. The van der Waals surface area contributed by atoms with Gasteiger partial charge in [-0.05, 0) is 54.1 Å². The van der Waals surface area contributed by atoms with Crippen LogP contribution in [0.1, 0.15) is 5.56 Å². The van der Waals surface area contributed by atoms with Gasteiger partial charge in [0.2, 0.25) is 5.91 Å². The molecule has 0 aliphatic heterocycles. The third-order valence-electron chi connectivity index (χ3n) is 4.02. The summed E-state index contributed by atoms with van der Waals surface area (Å²) in [6.07, 6.45) is 0.236. The first-order valence-corrected chi connectivity index (χ1v) is 9.81. The Morgan fingerprint density at radius 2 is 1.68 bits per heavy atom. The number of hydrogen-bond acceptors (Lipinski definition) is 4. The molecule has 6 heteroatoms. The summed E-state index contributed by atoms with van der Waals surface area (Å²) in [5, 5.41) is 3.69. The third kappa shape index (κ3) is 5.21. The average Bonchev–Trinajstić information content (AvgIpc) is 2.71. The van der Waals surface area contributed by atoms with Crippen molar-refractivity contribution in [3.05, 3.63) is 77.3 Å². The van der Waals surface area contributed by atoms with E-state index < -0.39 is 0 Å². The topological polar surface area (TPSA) is 47.6 Å². The minimum atomic E-state index is -0.101. The van der Waals surface area contributed by atoms with E-state index in [1.807, 2.05) is 60.7 Å². The van der Waals surface area contributed by atoms with Crippen molar-refractivity contribution in [2.75, 3.05) is 19.5 Å². The van der Waals surface area contributed by atoms with Gasteiger partial charge in [0, 0.05) is 14.8 Å². The maximum Gasteiger partial charge on any atom is 0.228 e. The Balaban J connectivity index is 1.71. The molecule has 28 heavy (non-hydrogen) atoms. The predicted molar refractivity (Wildman–Crippen MR) is 114 cm³/mol. The molecule has 4 nitrogen and oxygen atoms in total. The first kappa shape index (κ1) is 20.1. The quantitative estimate of drug-likeness (QED) is 0.540. The lowest BCUT2D eigenvalue weighted by atomic mass is 10.1. The molecule has 3 aromatic rings. The third-order valence-corrected chi connectivity index (χ3v) is 5.35. The van der Waals surface area contributed by atoms with Crippen LogP contribution in [-0.4, -0.2) is 20.1 Å². The first-order chi connectivity index (χ1) is 13.6. The lowest BCUT2D eigenvalue weighted by Crippen LogP contribution is -2.15. The Labute approximate surface area is 173 Å². The largest absolute Gasteiger partial charge is 0.493 e. The second kappa shape index (κ2) is 9.53. The summed E-state index contributed by atoms with van der Waals surface area (Å²) in [7, 11) is 3.16. The van der Waals surface area contributed by atoms with Gasteiger partial charge in [0.05, 0.1) is 26.3 Å². The van der Waals surface area contributed by atoms with Gasteiger partial charge in [-0.25, -0.2) is 0 Å². The number of rotatable bonds is 7. The van der Waals surface area contributed by atoms with Gasteiger partial charge in [-0.15, -0.1) is 0 Å². The molecule has 0 bridgehead atoms. The summed E-state index contributed by atoms with van der Waals surface area (Å²) in [4.78, 5) is 14.6. The van der Waals surface area contributed by atoms with E-state index in [-0.39, 0.29) is 12.3 Å². The molecule has 1 N–H and O–H groups in total. The number of amides is 1. The molecular formula is C22H20ClNO3S. The van der Waals surface area contributed by atoms with Crippen LogP contribution in [0, 0.1) is 0 Å². The number of anilines is 1. The highest BCUT2D eigenvalue weighted by Crippen LogP contribution is 2.34. The maximum absolute atomic E-state index is 12.6. The van der Waals surface area contributed by atoms with Crippen molar-refractivity contribution in [2.24, 2.45) is 0 Å². The molecule has 0 fully saturated rings. The molecule has 3 rings (SSSR count). The van der Waals surface area contributed by atoms with Gasteiger partial charge in [0.15, 0.2) is 11.5 Å². The van der Waals surface area contributed by atoms with Crippen molar-refractivity contribution in [3.8, 4) is 11.5 Å². The number of methoxy groups -OCH3 is 2. The zero-order chi connectivity index (χ0) is 19.9. The van der Waals surface area contributed by atoms with Crippen molar-refractivity contribution in [1.29, 1.82) is 0 Å². The number of hydrogen-bond donors (Lipinski definition) is 1. The van der Waals surface area contributed by atoms with Crippen LogP contribution in [0.4, 0.5) is 5.69 Å². The Hall–Kier alpha value is -2.63. The monoisotopic (exact) mass is 413 g/mol. The Kier molecular flexibility index (Phi) is 6.85. The fourth-order valence-electron chi connectivity index (χ4n) is 2.66. The number of benzene rings is 3. The summed E-state index contributed by atoms with van der Waals surface area (Å²) in [5.74, 6) is 1.14. The van der Waals surface area contributed by atoms with Crippen molar-refractivity contribution in [3.63, 3.8) is 0 Å². The summed E-state index contributed by atoms with van der Waals surface area (Å²) < 4.78 is 10.5. The van der Waals surface area contributed by atoms with Gasteiger partial charge in [0.1, 0.15) is 0 Å². The fourth-order valence-corrected chi connectivity index (χ4v) is 3.69. The number of nitrogens with one attached hydrogen (secondary N) is 1. The number of carbonyl (C=O) groups is 1. The lowest BCUT2D eigenvalue weighted by molar-refractivity contribution is -0.115. The number of halogens is 1. The van der Waals surface area contributed by atoms with Gasteiger partial charge in [-0.3, -0.25) is 4.79 Å². The van der Waals surface area contributed by atoms with E-state index in [0.717, 1.165) is 21.0 Å². The van der Waals surface area contributed by atoms with E-state index in [1.165, 1.54) is 0 Å². The first-order valence-electron chi connectivity index (χ1n) is 8.62. The highest BCUT2D eigenvalue weighted by atomic mass is 35.5. The number of para-hydroxylation sites is 1. The zero-order valence-corrected chi connectivity index (χ0v) is 17.1. The molecule has 0 radical (unpaired) electrons. The van der Waals surface area contributed by atoms with Crippen LogP contribution in [0.15, 0.2) is 76.5 Å². The number of ether oxygens (including phenoxy) is 2. The molecule has 0 spiro atoms. The fraction of sp³-hybridized carbons (Fsp3) is 0.136. The molecule has 0 unspecified atom stereocenters. The van der Waals surface area contributed by atoms with E-state index in [2.05, 4.69) is 5.32 Å². The molecule has 0 aliphatic carbocycles. The Bertz CT molecular complexity index is 960. The standard InChI is InChI=1S/C22H20ClNO3S/c1-26-19-12-7-15(13-20(19)27-2)14-22(25)24-18-5-3-4-6-21(18)28-17-10-8-16(23)9-11-17/h3-13H,14H2,1-2H3,(H,24,25). The minimum absolute atomic E-state index is 0.101. The molecule has 3 aromatic carbocycles. The van der Waals surface area contributed by atoms with E-state index in [0.29, 0.717) is 16.5 Å². The average molecular weight is 414 g/mol. The highest BCUT2D eigenvalue weighted by Gasteiger charge is 2.11. The maximum atomic E-state index is 12.6. The molecule has 1 amide bonds. The zero-order valence-electron chi connectivity index (χ0n) is 15.6. The van der Waals surface area contributed by atoms with Crippen molar-refractivity contribution < 1.29 is 14.3 Å². The van der Waals surface area contributed by atoms with Crippen molar-refractivity contribution in [1.82, 2.24) is 0 Å². The lowest BCUT2D eigenvalue weighted by Gasteiger charge is -2.12. The van der Waals surface area contributed by atoms with Crippen LogP contribution >= 0.6 is 23.4 Å². The molecular weight excluding hydrogens is 394 g/mol. The van der Waals surface area contributed by atoms with Crippen LogP contribution in [0.3, 0.4) is 0 Å². The molecule has 0 heterocycles. The van der Waals surface area contributed by atoms with E-state index >= 15 is 0 Å². The molecule has 0 saturated heterocycles. The summed E-state index contributed by atoms with van der Waals surface area (Å²) in [6.45, 7) is 0. The van der Waals surface area contributed by atoms with Crippen LogP contribution in [0.5, 0.6) is 11.5 Å². The highest BCUT2D eigenvalue weighted by molar-refractivity contribution is 7.99. The van der Waals surface area contributed by atoms with Gasteiger partial charge >= 0.3 is 0 Å². The van der Waals surface area contributed by atoms with Gasteiger partial charge < -0.3 is 14.8 Å². The van der Waals surface area contributed by atoms with Crippen LogP contribution in [0.2, 0.25) is 5.02 Å². The molecule has 0 atom stereocenters. The Morgan fingerprint density at radius 3 is 2.39 bits per heavy atom. The normalized spacial score (nSPS) is 10.4. The van der Waals surface area contributed by atoms with E-state index in [9.17, 15) is 4.79 Å². The van der Waals surface area contributed by atoms with Crippen LogP contribution in [-0.2, 0) is 11.2 Å². The second-order valence-corrected chi connectivity index (χ2v) is 7.52. The van der Waals surface area contributed by atoms with Crippen molar-refractivity contribution in [2.45, 2.75) is 16.2 Å². The molecule has 0 aromatic heterocycles. The molecule has 144 valence electrons. The SMILES string of the molecule is COc1ccc(CC(=O)Nc2ccccc2Sc2ccc(Cl)cc2)cc1OC. The summed E-state index contributed by atoms with van der Waals surface area (Å²) >= 11 is 7.52. The minimum Gasteiger partial charge on any atom is -0.493 e. The van der Waals surface area contributed by atoms with Gasteiger partial charge in [0.25, 0.3) is 0 Å². The summed E-state index contributed by atoms with van der Waals surface area (Å²) in [5.41, 5.74) is 1.62. The van der Waals surface area contributed by atoms with Crippen LogP contribution in [0.25, 0.3) is 0 Å². The van der Waals surface area contributed by atoms with E-state index in [1.54, 1.807) is 32.0 Å². The second-order valence-electron chi connectivity index (χ2n) is 5.97.